The molecular weight excluding hydrogens is 447 g/mol. The molecule has 0 radical (unpaired) electrons. The smallest absolute Gasteiger partial charge is 0.354 e. The molecule has 9 heteroatoms. The zero-order valence-corrected chi connectivity index (χ0v) is 19.6. The summed E-state index contributed by atoms with van der Waals surface area (Å²) in [6.07, 6.45) is 3.30. The molecule has 35 heavy (non-hydrogen) atoms. The highest BCUT2D eigenvalue weighted by molar-refractivity contribution is 5.83. The molecule has 0 aliphatic heterocycles. The number of nitrogens with one attached hydrogen (secondary N) is 1. The van der Waals surface area contributed by atoms with Gasteiger partial charge in [0.15, 0.2) is 0 Å². The molecule has 0 aliphatic carbocycles. The Balaban J connectivity index is 1.63. The molecule has 0 atom stereocenters. The number of aromatic nitrogens is 3. The first-order valence-corrected chi connectivity index (χ1v) is 11.8. The summed E-state index contributed by atoms with van der Waals surface area (Å²) in [5.41, 5.74) is 14.5. The first-order valence-electron chi connectivity index (χ1n) is 11.8. The van der Waals surface area contributed by atoms with Crippen LogP contribution in [0.2, 0.25) is 0 Å². The number of aliphatic hydroxyl groups excluding tert-OH is 1. The lowest BCUT2D eigenvalue weighted by Crippen LogP contribution is -2.29. The Morgan fingerprint density at radius 2 is 1.77 bits per heavy atom. The van der Waals surface area contributed by atoms with Gasteiger partial charge in [0.1, 0.15) is 11.5 Å². The molecule has 2 heterocycles. The largest absolute Gasteiger partial charge is 0.392 e. The van der Waals surface area contributed by atoms with Gasteiger partial charge in [-0.3, -0.25) is 9.47 Å². The predicted molar refractivity (Wildman–Crippen MR) is 136 cm³/mol. The predicted octanol–water partition coefficient (Wildman–Crippen LogP) is 2.51. The van der Waals surface area contributed by atoms with E-state index in [0.29, 0.717) is 41.9 Å². The van der Waals surface area contributed by atoms with Gasteiger partial charge in [0, 0.05) is 34.9 Å². The highest BCUT2D eigenvalue weighted by Crippen LogP contribution is 2.26. The molecular formula is C26H31FN6O2. The first-order chi connectivity index (χ1) is 17.0. The van der Waals surface area contributed by atoms with Crippen LogP contribution in [0.15, 0.2) is 59.5 Å². The third kappa shape index (κ3) is 5.66. The number of hydrogen-bond donors (Lipinski definition) is 4. The van der Waals surface area contributed by atoms with E-state index < -0.39 is 5.69 Å². The lowest BCUT2D eigenvalue weighted by Gasteiger charge is -2.22. The van der Waals surface area contributed by atoms with E-state index >= 15 is 4.39 Å². The van der Waals surface area contributed by atoms with E-state index in [1.807, 2.05) is 30.3 Å². The molecule has 0 spiro atoms. The van der Waals surface area contributed by atoms with Crippen molar-refractivity contribution in [2.24, 2.45) is 11.5 Å². The molecule has 2 aromatic heterocycles. The Kier molecular flexibility index (Phi) is 8.04. The van der Waals surface area contributed by atoms with E-state index in [1.165, 1.54) is 10.6 Å². The van der Waals surface area contributed by atoms with E-state index in [-0.39, 0.29) is 12.4 Å². The summed E-state index contributed by atoms with van der Waals surface area (Å²) < 4.78 is 16.4. The van der Waals surface area contributed by atoms with Crippen LogP contribution < -0.4 is 17.2 Å². The maximum absolute atomic E-state index is 15.1. The lowest BCUT2D eigenvalue weighted by molar-refractivity contribution is 0.258. The number of fused-ring (bicyclic) bond motifs is 1. The van der Waals surface area contributed by atoms with Gasteiger partial charge in [-0.1, -0.05) is 30.3 Å². The van der Waals surface area contributed by atoms with Crippen LogP contribution in [0.4, 0.5) is 4.39 Å². The number of aliphatic hydroxyl groups is 1. The van der Waals surface area contributed by atoms with E-state index in [2.05, 4.69) is 14.9 Å². The van der Waals surface area contributed by atoms with Gasteiger partial charge in [-0.05, 0) is 62.8 Å². The number of benzene rings is 2. The van der Waals surface area contributed by atoms with E-state index in [9.17, 15) is 9.90 Å². The molecule has 0 fully saturated rings. The summed E-state index contributed by atoms with van der Waals surface area (Å²) in [7, 11) is 0. The van der Waals surface area contributed by atoms with Crippen molar-refractivity contribution in [2.45, 2.75) is 26.0 Å². The van der Waals surface area contributed by atoms with Gasteiger partial charge in [-0.2, -0.15) is 4.98 Å². The summed E-state index contributed by atoms with van der Waals surface area (Å²) >= 11 is 0. The van der Waals surface area contributed by atoms with Crippen molar-refractivity contribution >= 4 is 11.0 Å². The number of aromatic amines is 1. The van der Waals surface area contributed by atoms with Crippen molar-refractivity contribution < 1.29 is 9.50 Å². The van der Waals surface area contributed by atoms with Gasteiger partial charge < -0.3 is 21.6 Å². The summed E-state index contributed by atoms with van der Waals surface area (Å²) in [5, 5.41) is 10.3. The fourth-order valence-electron chi connectivity index (χ4n) is 4.20. The molecule has 4 rings (SSSR count). The second kappa shape index (κ2) is 11.4. The average Bonchev–Trinajstić information content (AvgIpc) is 3.28. The fraction of sp³-hybridized carbons (Fsp3) is 0.308. The third-order valence-corrected chi connectivity index (χ3v) is 6.05. The van der Waals surface area contributed by atoms with Crippen LogP contribution in [0.5, 0.6) is 0 Å². The van der Waals surface area contributed by atoms with Crippen molar-refractivity contribution in [3.05, 3.63) is 82.2 Å². The molecule has 2 aromatic carbocycles. The number of H-pyrrole nitrogens is 1. The Hall–Kier alpha value is -3.37. The minimum Gasteiger partial charge on any atom is -0.392 e. The summed E-state index contributed by atoms with van der Waals surface area (Å²) in [5.74, 6) is -0.383. The van der Waals surface area contributed by atoms with Crippen LogP contribution in [0.1, 0.15) is 24.0 Å². The van der Waals surface area contributed by atoms with Crippen LogP contribution in [0.25, 0.3) is 28.0 Å². The molecule has 0 bridgehead atoms. The highest BCUT2D eigenvalue weighted by Gasteiger charge is 2.14. The van der Waals surface area contributed by atoms with Crippen LogP contribution >= 0.6 is 0 Å². The van der Waals surface area contributed by atoms with Gasteiger partial charge in [0.05, 0.1) is 12.3 Å². The Bertz CT molecular complexity index is 1340. The minimum atomic E-state index is -0.513. The Labute approximate surface area is 203 Å². The number of hydrogen-bond acceptors (Lipinski definition) is 6. The molecule has 184 valence electrons. The van der Waals surface area contributed by atoms with Gasteiger partial charge in [0.25, 0.3) is 0 Å². The molecule has 6 N–H and O–H groups in total. The Morgan fingerprint density at radius 1 is 1.03 bits per heavy atom. The number of halogens is 1. The first kappa shape index (κ1) is 24.7. The number of nitrogens with two attached hydrogens (primary N) is 2. The van der Waals surface area contributed by atoms with Gasteiger partial charge in [-0.25, -0.2) is 9.18 Å². The zero-order chi connectivity index (χ0) is 24.8. The van der Waals surface area contributed by atoms with Crippen molar-refractivity contribution in [1.82, 2.24) is 19.4 Å². The molecule has 0 aliphatic rings. The summed E-state index contributed by atoms with van der Waals surface area (Å²) in [6, 6.07) is 14.1. The second-order valence-electron chi connectivity index (χ2n) is 8.53. The SMILES string of the molecule is NCCCN(CCCN)Cc1ccc(-n2cc3cc(-c4ccccc4CO)[nH]c3nc2=O)cc1F. The van der Waals surface area contributed by atoms with Crippen LogP contribution in [-0.2, 0) is 13.2 Å². The van der Waals surface area contributed by atoms with Crippen molar-refractivity contribution in [3.8, 4) is 16.9 Å². The minimum absolute atomic E-state index is 0.104. The van der Waals surface area contributed by atoms with E-state index in [0.717, 1.165) is 42.8 Å². The van der Waals surface area contributed by atoms with E-state index in [1.54, 1.807) is 18.3 Å². The zero-order valence-electron chi connectivity index (χ0n) is 19.6. The van der Waals surface area contributed by atoms with Crippen molar-refractivity contribution in [2.75, 3.05) is 26.2 Å². The Morgan fingerprint density at radius 3 is 2.46 bits per heavy atom. The highest BCUT2D eigenvalue weighted by atomic mass is 19.1. The molecule has 0 unspecified atom stereocenters. The fourth-order valence-corrected chi connectivity index (χ4v) is 4.20. The van der Waals surface area contributed by atoms with Crippen LogP contribution in [0.3, 0.4) is 0 Å². The molecule has 0 saturated carbocycles. The standard InChI is InChI=1S/C26H31FN6O2/c27-23-14-21(8-7-18(23)15-32(11-3-9-28)12-4-10-29)33-16-20-13-24(30-25(20)31-26(33)35)22-6-2-1-5-19(22)17-34/h1-2,5-8,13-14,16,34H,3-4,9-12,15,17,28-29H2,(H,30,31,35). The number of rotatable bonds is 11. The monoisotopic (exact) mass is 478 g/mol. The average molecular weight is 479 g/mol. The third-order valence-electron chi connectivity index (χ3n) is 6.05. The summed E-state index contributed by atoms with van der Waals surface area (Å²) in [4.78, 5) is 22.2. The van der Waals surface area contributed by atoms with Crippen molar-refractivity contribution in [3.63, 3.8) is 0 Å². The normalized spacial score (nSPS) is 11.6. The molecule has 0 saturated heterocycles. The number of nitrogens with zero attached hydrogens (tertiary/aromatic N) is 3. The lowest BCUT2D eigenvalue weighted by atomic mass is 10.1. The quantitative estimate of drug-likeness (QED) is 0.262. The molecule has 4 aromatic rings. The second-order valence-corrected chi connectivity index (χ2v) is 8.53. The van der Waals surface area contributed by atoms with Crippen LogP contribution in [0, 0.1) is 5.82 Å². The topological polar surface area (TPSA) is 126 Å². The summed E-state index contributed by atoms with van der Waals surface area (Å²) in [6.45, 7) is 3.04. The van der Waals surface area contributed by atoms with E-state index in [4.69, 9.17) is 11.5 Å². The molecule has 8 nitrogen and oxygen atoms in total. The van der Waals surface area contributed by atoms with Crippen molar-refractivity contribution in [1.29, 1.82) is 0 Å². The van der Waals surface area contributed by atoms with Gasteiger partial charge in [0.2, 0.25) is 0 Å². The van der Waals surface area contributed by atoms with Gasteiger partial charge >= 0.3 is 5.69 Å². The van der Waals surface area contributed by atoms with Crippen LogP contribution in [-0.4, -0.2) is 50.7 Å². The maximum atomic E-state index is 15.1. The molecule has 0 amide bonds. The maximum Gasteiger partial charge on any atom is 0.354 e. The van der Waals surface area contributed by atoms with Gasteiger partial charge in [-0.15, -0.1) is 0 Å².